The summed E-state index contributed by atoms with van der Waals surface area (Å²) in [6.45, 7) is 26.6. The van der Waals surface area contributed by atoms with E-state index in [4.69, 9.17) is 0 Å². The lowest BCUT2D eigenvalue weighted by Gasteiger charge is -2.25. The first kappa shape index (κ1) is 27.5. The average Bonchev–Trinajstić information content (AvgIpc) is 2.58. The predicted molar refractivity (Wildman–Crippen MR) is 112 cm³/mol. The van der Waals surface area contributed by atoms with Gasteiger partial charge in [0.05, 0.1) is 0 Å². The second kappa shape index (κ2) is 14.0. The minimum absolute atomic E-state index is 0.0985. The minimum Gasteiger partial charge on any atom is -0.303 e. The van der Waals surface area contributed by atoms with Crippen LogP contribution in [0.3, 0.4) is 0 Å². The monoisotopic (exact) mass is 334 g/mol. The number of hydrogen-bond acceptors (Lipinski definition) is 1. The van der Waals surface area contributed by atoms with Crippen molar-refractivity contribution in [2.45, 2.75) is 81.6 Å². The Balaban J connectivity index is -0.000000321. The van der Waals surface area contributed by atoms with Crippen LogP contribution in [0.2, 0.25) is 0 Å². The number of rotatable bonds is 3. The molecule has 1 atom stereocenters. The number of benzene rings is 1. The van der Waals surface area contributed by atoms with Crippen LogP contribution in [-0.4, -0.2) is 6.29 Å². The molecule has 1 heteroatoms. The van der Waals surface area contributed by atoms with Crippen LogP contribution >= 0.6 is 0 Å². The van der Waals surface area contributed by atoms with Crippen molar-refractivity contribution < 1.29 is 4.79 Å². The molecular formula is C23H42O. The van der Waals surface area contributed by atoms with Gasteiger partial charge in [0, 0.05) is 11.3 Å². The Bertz CT molecular complexity index is 421. The van der Waals surface area contributed by atoms with E-state index in [-0.39, 0.29) is 16.7 Å². The molecule has 0 aromatic heterocycles. The smallest absolute Gasteiger partial charge is 0.123 e. The van der Waals surface area contributed by atoms with Gasteiger partial charge in [0.15, 0.2) is 0 Å². The number of carbonyl (C=O) groups excluding carboxylic acids is 1. The summed E-state index contributed by atoms with van der Waals surface area (Å²) >= 11 is 0. The van der Waals surface area contributed by atoms with Gasteiger partial charge in [0.1, 0.15) is 6.29 Å². The fourth-order valence-corrected chi connectivity index (χ4v) is 1.31. The summed E-state index contributed by atoms with van der Waals surface area (Å²) < 4.78 is 0. The Hall–Kier alpha value is -1.37. The lowest BCUT2D eigenvalue weighted by molar-refractivity contribution is -0.113. The molecule has 0 saturated carbocycles. The number of allylic oxidation sites excluding steroid dienone is 1. The van der Waals surface area contributed by atoms with Crippen LogP contribution in [0, 0.1) is 11.3 Å². The average molecular weight is 335 g/mol. The van der Waals surface area contributed by atoms with Gasteiger partial charge in [-0.25, -0.2) is 0 Å². The van der Waals surface area contributed by atoms with E-state index in [1.165, 1.54) is 11.1 Å². The van der Waals surface area contributed by atoms with Gasteiger partial charge in [0.25, 0.3) is 0 Å². The van der Waals surface area contributed by atoms with Gasteiger partial charge in [-0.3, -0.25) is 0 Å². The van der Waals surface area contributed by atoms with Gasteiger partial charge in [0.2, 0.25) is 0 Å². The molecule has 0 radical (unpaired) electrons. The van der Waals surface area contributed by atoms with Crippen molar-refractivity contribution in [3.8, 4) is 0 Å². The van der Waals surface area contributed by atoms with Crippen LogP contribution in [0.4, 0.5) is 0 Å². The first-order valence-electron chi connectivity index (χ1n) is 9.20. The molecule has 1 aromatic carbocycles. The summed E-state index contributed by atoms with van der Waals surface area (Å²) in [6, 6.07) is 10.5. The topological polar surface area (TPSA) is 17.1 Å². The standard InChI is InChI=1S/C12H16.C7H14O.2C2H6/c1-10(2)12(3,4)11-8-6-5-7-9-11;1-6(5-8)7(2,3)4;2*1-2/h5-9H,1H2,2-4H3;5-6H,1-4H3;2*1-2H3. The Kier molecular flexibility index (Phi) is 16.0. The Morgan fingerprint density at radius 2 is 1.33 bits per heavy atom. The van der Waals surface area contributed by atoms with E-state index in [0.29, 0.717) is 0 Å². The lowest BCUT2D eigenvalue weighted by Crippen LogP contribution is -2.17. The molecule has 0 amide bonds. The van der Waals surface area contributed by atoms with E-state index >= 15 is 0 Å². The Morgan fingerprint density at radius 1 is 0.958 bits per heavy atom. The van der Waals surface area contributed by atoms with Crippen molar-refractivity contribution in [2.24, 2.45) is 11.3 Å². The summed E-state index contributed by atoms with van der Waals surface area (Å²) in [4.78, 5) is 10.2. The summed E-state index contributed by atoms with van der Waals surface area (Å²) in [6.07, 6.45) is 1.00. The van der Waals surface area contributed by atoms with E-state index in [9.17, 15) is 4.79 Å². The van der Waals surface area contributed by atoms with Crippen LogP contribution in [0.15, 0.2) is 42.5 Å². The highest BCUT2D eigenvalue weighted by molar-refractivity contribution is 5.53. The second-order valence-corrected chi connectivity index (χ2v) is 7.06. The van der Waals surface area contributed by atoms with Gasteiger partial charge >= 0.3 is 0 Å². The van der Waals surface area contributed by atoms with Crippen molar-refractivity contribution in [3.63, 3.8) is 0 Å². The molecule has 0 N–H and O–H groups in total. The number of hydrogen-bond donors (Lipinski definition) is 0. The molecule has 0 saturated heterocycles. The van der Waals surface area contributed by atoms with Crippen LogP contribution in [-0.2, 0) is 10.2 Å². The lowest BCUT2D eigenvalue weighted by atomic mass is 9.79. The van der Waals surface area contributed by atoms with E-state index in [2.05, 4.69) is 72.4 Å². The molecule has 0 heterocycles. The fraction of sp³-hybridized carbons (Fsp3) is 0.609. The van der Waals surface area contributed by atoms with E-state index in [1.807, 2.05) is 40.7 Å². The largest absolute Gasteiger partial charge is 0.303 e. The number of aldehydes is 1. The Morgan fingerprint density at radius 3 is 1.54 bits per heavy atom. The van der Waals surface area contributed by atoms with E-state index in [0.717, 1.165) is 6.29 Å². The summed E-state index contributed by atoms with van der Waals surface area (Å²) in [5.41, 5.74) is 2.77. The maximum atomic E-state index is 10.2. The quantitative estimate of drug-likeness (QED) is 0.414. The first-order valence-corrected chi connectivity index (χ1v) is 9.20. The molecule has 0 bridgehead atoms. The highest BCUT2D eigenvalue weighted by Gasteiger charge is 2.20. The third-order valence-electron chi connectivity index (χ3n) is 4.13. The Labute approximate surface area is 152 Å². The molecule has 0 spiro atoms. The maximum Gasteiger partial charge on any atom is 0.123 e. The highest BCUT2D eigenvalue weighted by atomic mass is 16.1. The zero-order valence-electron chi connectivity index (χ0n) is 18.2. The van der Waals surface area contributed by atoms with E-state index < -0.39 is 0 Å². The van der Waals surface area contributed by atoms with Crippen LogP contribution in [0.1, 0.15) is 81.7 Å². The fourth-order valence-electron chi connectivity index (χ4n) is 1.31. The van der Waals surface area contributed by atoms with Crippen LogP contribution in [0.25, 0.3) is 0 Å². The zero-order chi connectivity index (χ0) is 20.0. The van der Waals surface area contributed by atoms with E-state index in [1.54, 1.807) is 0 Å². The molecule has 1 rings (SSSR count). The van der Waals surface area contributed by atoms with Gasteiger partial charge in [-0.1, -0.05) is 112 Å². The van der Waals surface area contributed by atoms with Crippen molar-refractivity contribution in [3.05, 3.63) is 48.0 Å². The predicted octanol–water partition coefficient (Wildman–Crippen LogP) is 7.46. The molecule has 1 aromatic rings. The zero-order valence-corrected chi connectivity index (χ0v) is 18.2. The first-order chi connectivity index (χ1) is 11.0. The third kappa shape index (κ3) is 11.2. The van der Waals surface area contributed by atoms with Crippen molar-refractivity contribution in [2.75, 3.05) is 0 Å². The molecule has 0 aliphatic heterocycles. The van der Waals surface area contributed by atoms with Gasteiger partial charge in [-0.05, 0) is 17.9 Å². The molecule has 1 unspecified atom stereocenters. The summed E-state index contributed by atoms with van der Waals surface area (Å²) in [5.74, 6) is 0.169. The van der Waals surface area contributed by atoms with Crippen LogP contribution < -0.4 is 0 Å². The molecular weight excluding hydrogens is 292 g/mol. The molecule has 24 heavy (non-hydrogen) atoms. The molecule has 0 aliphatic rings. The van der Waals surface area contributed by atoms with Crippen molar-refractivity contribution in [1.29, 1.82) is 0 Å². The SMILES string of the molecule is C=C(C)C(C)(C)c1ccccc1.CC.CC.CC(C=O)C(C)(C)C. The van der Waals surface area contributed by atoms with Gasteiger partial charge in [-0.15, -0.1) is 0 Å². The summed E-state index contributed by atoms with van der Waals surface area (Å²) in [5, 5.41) is 0. The summed E-state index contributed by atoms with van der Waals surface area (Å²) in [7, 11) is 0. The number of carbonyl (C=O) groups is 1. The normalized spacial score (nSPS) is 11.3. The highest BCUT2D eigenvalue weighted by Crippen LogP contribution is 2.29. The molecule has 0 fully saturated rings. The minimum atomic E-state index is 0.0985. The third-order valence-corrected chi connectivity index (χ3v) is 4.13. The second-order valence-electron chi connectivity index (χ2n) is 7.06. The maximum absolute atomic E-state index is 10.2. The molecule has 0 aliphatic carbocycles. The van der Waals surface area contributed by atoms with Crippen molar-refractivity contribution >= 4 is 6.29 Å². The van der Waals surface area contributed by atoms with Crippen molar-refractivity contribution in [1.82, 2.24) is 0 Å². The van der Waals surface area contributed by atoms with Gasteiger partial charge < -0.3 is 4.79 Å². The molecule has 1 nitrogen and oxygen atoms in total. The van der Waals surface area contributed by atoms with Gasteiger partial charge in [-0.2, -0.15) is 0 Å². The molecule has 140 valence electrons. The van der Waals surface area contributed by atoms with Crippen LogP contribution in [0.5, 0.6) is 0 Å².